The predicted molar refractivity (Wildman–Crippen MR) is 84.0 cm³/mol. The first-order valence-corrected chi connectivity index (χ1v) is 7.43. The number of amides is 1. The molecule has 1 aromatic rings. The molecular weight excluding hydrogens is 322 g/mol. The third kappa shape index (κ3) is 6.39. The van der Waals surface area contributed by atoms with Crippen LogP contribution in [0.15, 0.2) is 22.7 Å². The molecule has 2 N–H and O–H groups in total. The molecule has 112 valence electrons. The highest BCUT2D eigenvalue weighted by molar-refractivity contribution is 9.10. The van der Waals surface area contributed by atoms with Gasteiger partial charge in [-0.2, -0.15) is 0 Å². The lowest BCUT2D eigenvalue weighted by molar-refractivity contribution is 0.0636. The fourth-order valence-corrected chi connectivity index (χ4v) is 1.96. The molecule has 1 atom stereocenters. The van der Waals surface area contributed by atoms with E-state index in [1.54, 1.807) is 6.92 Å². The van der Waals surface area contributed by atoms with Crippen LogP contribution >= 0.6 is 15.9 Å². The average Bonchev–Trinajstić information content (AvgIpc) is 2.27. The van der Waals surface area contributed by atoms with Crippen LogP contribution in [0.5, 0.6) is 0 Å². The zero-order valence-corrected chi connectivity index (χ0v) is 14.0. The molecule has 0 fully saturated rings. The number of halogens is 1. The Hall–Kier alpha value is -1.07. The quantitative estimate of drug-likeness (QED) is 0.864. The summed E-state index contributed by atoms with van der Waals surface area (Å²) in [7, 11) is 0. The van der Waals surface area contributed by atoms with E-state index in [1.165, 1.54) is 0 Å². The van der Waals surface area contributed by atoms with Crippen molar-refractivity contribution in [2.45, 2.75) is 52.2 Å². The van der Waals surface area contributed by atoms with Gasteiger partial charge in [-0.1, -0.05) is 6.07 Å². The number of benzene rings is 1. The van der Waals surface area contributed by atoms with E-state index < -0.39 is 11.7 Å². The zero-order valence-electron chi connectivity index (χ0n) is 12.4. The summed E-state index contributed by atoms with van der Waals surface area (Å²) in [5, 5.41) is 12.0. The number of aliphatic hydroxyl groups excluding tert-OH is 1. The number of carbonyl (C=O) groups is 1. The molecule has 5 heteroatoms. The molecule has 0 unspecified atom stereocenters. The van der Waals surface area contributed by atoms with Gasteiger partial charge in [-0.3, -0.25) is 5.32 Å². The van der Waals surface area contributed by atoms with E-state index in [-0.39, 0.29) is 6.10 Å². The standard InChI is InChI=1S/C15H22BrNO3/c1-10(18)5-6-11-7-8-12(16)13(9-11)17-14(19)20-15(2,3)4/h7-10,18H,5-6H2,1-4H3,(H,17,19)/t10-/m1/s1. The molecule has 1 rings (SSSR count). The minimum Gasteiger partial charge on any atom is -0.444 e. The van der Waals surface area contributed by atoms with Crippen LogP contribution in [0.4, 0.5) is 10.5 Å². The van der Waals surface area contributed by atoms with Gasteiger partial charge in [0.05, 0.1) is 11.8 Å². The lowest BCUT2D eigenvalue weighted by Gasteiger charge is -2.20. The maximum absolute atomic E-state index is 11.8. The number of aliphatic hydroxyl groups is 1. The number of nitrogens with one attached hydrogen (secondary N) is 1. The van der Waals surface area contributed by atoms with E-state index >= 15 is 0 Å². The summed E-state index contributed by atoms with van der Waals surface area (Å²) in [6.07, 6.45) is 0.633. The predicted octanol–water partition coefficient (Wildman–Crippen LogP) is 4.11. The van der Waals surface area contributed by atoms with Crippen molar-refractivity contribution in [2.75, 3.05) is 5.32 Å². The van der Waals surface area contributed by atoms with Gasteiger partial charge in [0, 0.05) is 4.47 Å². The number of carbonyl (C=O) groups excluding carboxylic acids is 1. The molecule has 0 bridgehead atoms. The van der Waals surface area contributed by atoms with Crippen LogP contribution in [0.3, 0.4) is 0 Å². The molecule has 0 aliphatic carbocycles. The third-order valence-corrected chi connectivity index (χ3v) is 3.21. The lowest BCUT2D eigenvalue weighted by atomic mass is 10.1. The van der Waals surface area contributed by atoms with Crippen LogP contribution < -0.4 is 5.32 Å². The van der Waals surface area contributed by atoms with Crippen molar-refractivity contribution in [1.29, 1.82) is 0 Å². The SMILES string of the molecule is C[C@@H](O)CCc1ccc(Br)c(NC(=O)OC(C)(C)C)c1. The number of hydrogen-bond donors (Lipinski definition) is 2. The van der Waals surface area contributed by atoms with Crippen molar-refractivity contribution >= 4 is 27.7 Å². The molecule has 1 aromatic carbocycles. The van der Waals surface area contributed by atoms with E-state index in [1.807, 2.05) is 39.0 Å². The largest absolute Gasteiger partial charge is 0.444 e. The van der Waals surface area contributed by atoms with Gasteiger partial charge in [0.2, 0.25) is 0 Å². The molecule has 0 aliphatic heterocycles. The first kappa shape index (κ1) is 17.0. The van der Waals surface area contributed by atoms with Gasteiger partial charge in [-0.25, -0.2) is 4.79 Å². The Morgan fingerprint density at radius 3 is 2.65 bits per heavy atom. The maximum atomic E-state index is 11.8. The Bertz CT molecular complexity index is 467. The first-order chi connectivity index (χ1) is 9.17. The fraction of sp³-hybridized carbons (Fsp3) is 0.533. The fourth-order valence-electron chi connectivity index (χ4n) is 1.61. The van der Waals surface area contributed by atoms with Crippen molar-refractivity contribution in [2.24, 2.45) is 0 Å². The molecule has 0 spiro atoms. The Morgan fingerprint density at radius 2 is 2.10 bits per heavy atom. The smallest absolute Gasteiger partial charge is 0.412 e. The molecule has 0 aliphatic rings. The summed E-state index contributed by atoms with van der Waals surface area (Å²) in [6, 6.07) is 5.73. The normalized spacial score (nSPS) is 12.9. The monoisotopic (exact) mass is 343 g/mol. The highest BCUT2D eigenvalue weighted by Crippen LogP contribution is 2.25. The van der Waals surface area contributed by atoms with E-state index in [2.05, 4.69) is 21.2 Å². The molecule has 0 radical (unpaired) electrons. The lowest BCUT2D eigenvalue weighted by Crippen LogP contribution is -2.27. The molecule has 20 heavy (non-hydrogen) atoms. The minimum absolute atomic E-state index is 0.332. The van der Waals surface area contributed by atoms with Crippen LogP contribution in [0, 0.1) is 0 Å². The number of rotatable bonds is 4. The molecular formula is C15H22BrNO3. The van der Waals surface area contributed by atoms with Gasteiger partial charge in [0.25, 0.3) is 0 Å². The second-order valence-electron chi connectivity index (χ2n) is 5.83. The van der Waals surface area contributed by atoms with Crippen molar-refractivity contribution in [3.05, 3.63) is 28.2 Å². The Kier molecular flexibility index (Phi) is 6.02. The molecule has 0 heterocycles. The molecule has 0 aromatic heterocycles. The van der Waals surface area contributed by atoms with Gasteiger partial charge in [-0.05, 0) is 74.2 Å². The van der Waals surface area contributed by atoms with E-state index in [0.717, 1.165) is 16.5 Å². The van der Waals surface area contributed by atoms with Gasteiger partial charge in [0.1, 0.15) is 5.60 Å². The van der Waals surface area contributed by atoms with Crippen LogP contribution in [0.2, 0.25) is 0 Å². The molecule has 0 saturated carbocycles. The summed E-state index contributed by atoms with van der Waals surface area (Å²) in [6.45, 7) is 7.22. The number of hydrogen-bond acceptors (Lipinski definition) is 3. The van der Waals surface area contributed by atoms with E-state index in [0.29, 0.717) is 12.1 Å². The minimum atomic E-state index is -0.527. The maximum Gasteiger partial charge on any atom is 0.412 e. The summed E-state index contributed by atoms with van der Waals surface area (Å²) in [5.74, 6) is 0. The summed E-state index contributed by atoms with van der Waals surface area (Å²) >= 11 is 3.40. The molecule has 4 nitrogen and oxygen atoms in total. The van der Waals surface area contributed by atoms with Gasteiger partial charge in [-0.15, -0.1) is 0 Å². The van der Waals surface area contributed by atoms with Crippen molar-refractivity contribution in [3.8, 4) is 0 Å². The summed E-state index contributed by atoms with van der Waals surface area (Å²) < 4.78 is 6.02. The van der Waals surface area contributed by atoms with E-state index in [4.69, 9.17) is 4.74 Å². The third-order valence-electron chi connectivity index (χ3n) is 2.52. The zero-order chi connectivity index (χ0) is 15.3. The van der Waals surface area contributed by atoms with Gasteiger partial charge in [0.15, 0.2) is 0 Å². The van der Waals surface area contributed by atoms with Crippen LogP contribution in [0.25, 0.3) is 0 Å². The Morgan fingerprint density at radius 1 is 1.45 bits per heavy atom. The second kappa shape index (κ2) is 7.09. The first-order valence-electron chi connectivity index (χ1n) is 6.64. The van der Waals surface area contributed by atoms with Crippen molar-refractivity contribution in [3.63, 3.8) is 0 Å². The van der Waals surface area contributed by atoms with Crippen LogP contribution in [0.1, 0.15) is 39.7 Å². The summed E-state index contributed by atoms with van der Waals surface area (Å²) in [4.78, 5) is 11.8. The topological polar surface area (TPSA) is 58.6 Å². The highest BCUT2D eigenvalue weighted by atomic mass is 79.9. The van der Waals surface area contributed by atoms with E-state index in [9.17, 15) is 9.90 Å². The number of ether oxygens (including phenoxy) is 1. The number of anilines is 1. The van der Waals surface area contributed by atoms with Crippen molar-refractivity contribution < 1.29 is 14.6 Å². The Balaban J connectivity index is 2.73. The Labute approximate surface area is 128 Å². The van der Waals surface area contributed by atoms with Crippen LogP contribution in [-0.4, -0.2) is 22.9 Å². The van der Waals surface area contributed by atoms with Crippen molar-refractivity contribution in [1.82, 2.24) is 0 Å². The second-order valence-corrected chi connectivity index (χ2v) is 6.68. The molecule has 0 saturated heterocycles. The summed E-state index contributed by atoms with van der Waals surface area (Å²) in [5.41, 5.74) is 1.20. The molecule has 1 amide bonds. The average molecular weight is 344 g/mol. The van der Waals surface area contributed by atoms with Crippen LogP contribution in [-0.2, 0) is 11.2 Å². The number of aryl methyl sites for hydroxylation is 1. The van der Waals surface area contributed by atoms with Gasteiger partial charge < -0.3 is 9.84 Å². The highest BCUT2D eigenvalue weighted by Gasteiger charge is 2.17. The van der Waals surface area contributed by atoms with Gasteiger partial charge >= 0.3 is 6.09 Å².